The molecule has 0 saturated heterocycles. The normalized spacial score (nSPS) is 11.0. The van der Waals surface area contributed by atoms with E-state index in [-0.39, 0.29) is 0 Å². The second kappa shape index (κ2) is 25.3. The first-order chi connectivity index (χ1) is 14.1. The van der Waals surface area contributed by atoms with Crippen molar-refractivity contribution in [2.24, 2.45) is 0 Å². The van der Waals surface area contributed by atoms with Crippen molar-refractivity contribution in [3.63, 3.8) is 0 Å². The van der Waals surface area contributed by atoms with Crippen molar-refractivity contribution in [2.75, 3.05) is 26.7 Å². The highest BCUT2D eigenvalue weighted by atomic mass is 15.3. The van der Waals surface area contributed by atoms with Crippen LogP contribution in [-0.4, -0.2) is 31.2 Å². The second-order valence-electron chi connectivity index (χ2n) is 9.18. The number of nitrogens with zero attached hydrogens (tertiary/aromatic N) is 4. The lowest BCUT2D eigenvalue weighted by Gasteiger charge is -2.35. The van der Waals surface area contributed by atoms with Gasteiger partial charge in [-0.1, -0.05) is 97.8 Å². The molecular formula is C25H54N4. The van der Waals surface area contributed by atoms with Crippen molar-refractivity contribution in [1.29, 1.82) is 0 Å². The molecule has 0 atom stereocenters. The van der Waals surface area contributed by atoms with Gasteiger partial charge in [-0.3, -0.25) is 4.91 Å². The van der Waals surface area contributed by atoms with E-state index in [2.05, 4.69) is 27.8 Å². The molecule has 0 aliphatic carbocycles. The van der Waals surface area contributed by atoms with E-state index < -0.39 is 0 Å². The molecule has 0 heterocycles. The third kappa shape index (κ3) is 25.2. The Balaban J connectivity index is 0. The fourth-order valence-electron chi connectivity index (χ4n) is 4.16. The van der Waals surface area contributed by atoms with Crippen molar-refractivity contribution in [1.82, 2.24) is 0 Å². The van der Waals surface area contributed by atoms with Gasteiger partial charge in [-0.25, -0.2) is 0 Å². The summed E-state index contributed by atoms with van der Waals surface area (Å²) >= 11 is 0. The Kier molecular flexibility index (Phi) is 26.6. The van der Waals surface area contributed by atoms with Gasteiger partial charge in [0.2, 0.25) is 0 Å². The molecule has 4 heteroatoms. The SMILES string of the molecule is CCCCCCCC[N+](C)(CCCCCCCC)CCCCCCCC.[N-]=[N+]=[N-]. The zero-order chi connectivity index (χ0) is 22.1. The van der Waals surface area contributed by atoms with Gasteiger partial charge in [-0.15, -0.1) is 0 Å². The summed E-state index contributed by atoms with van der Waals surface area (Å²) in [6, 6.07) is 0. The molecule has 0 aromatic rings. The lowest BCUT2D eigenvalue weighted by atomic mass is 10.1. The molecule has 0 aromatic carbocycles. The van der Waals surface area contributed by atoms with Crippen LogP contribution in [0.3, 0.4) is 0 Å². The average Bonchev–Trinajstić information content (AvgIpc) is 2.71. The first kappa shape index (κ1) is 30.5. The fraction of sp³-hybridized carbons (Fsp3) is 1.00. The molecule has 0 saturated carbocycles. The molecule has 0 amide bonds. The predicted octanol–water partition coefficient (Wildman–Crippen LogP) is 9.38. The van der Waals surface area contributed by atoms with Crippen LogP contribution in [-0.2, 0) is 0 Å². The highest BCUT2D eigenvalue weighted by molar-refractivity contribution is 4.51. The van der Waals surface area contributed by atoms with E-state index in [0.717, 1.165) is 0 Å². The molecule has 0 aliphatic heterocycles. The van der Waals surface area contributed by atoms with Gasteiger partial charge in [0.05, 0.1) is 26.7 Å². The van der Waals surface area contributed by atoms with Crippen molar-refractivity contribution in [3.8, 4) is 0 Å². The summed E-state index contributed by atoms with van der Waals surface area (Å²) in [5.41, 5.74) is 13.5. The minimum atomic E-state index is 1.36. The molecule has 4 nitrogen and oxygen atoms in total. The topological polar surface area (TPSA) is 58.7 Å². The van der Waals surface area contributed by atoms with Gasteiger partial charge >= 0.3 is 0 Å². The highest BCUT2D eigenvalue weighted by Crippen LogP contribution is 2.16. The molecule has 0 aromatic heterocycles. The Hall–Kier alpha value is -0.730. The number of rotatable bonds is 21. The first-order valence-corrected chi connectivity index (χ1v) is 12.9. The minimum Gasteiger partial charge on any atom is -0.373 e. The van der Waals surface area contributed by atoms with Crippen molar-refractivity contribution in [3.05, 3.63) is 16.0 Å². The van der Waals surface area contributed by atoms with Crippen molar-refractivity contribution >= 4 is 0 Å². The Morgan fingerprint density at radius 2 is 0.655 bits per heavy atom. The second-order valence-corrected chi connectivity index (χ2v) is 9.18. The molecule has 0 spiro atoms. The number of unbranched alkanes of at least 4 members (excludes halogenated alkanes) is 15. The third-order valence-electron chi connectivity index (χ3n) is 6.15. The lowest BCUT2D eigenvalue weighted by molar-refractivity contribution is -0.910. The van der Waals surface area contributed by atoms with E-state index in [1.165, 1.54) is 145 Å². The Bertz CT molecular complexity index is 297. The van der Waals surface area contributed by atoms with Crippen LogP contribution >= 0.6 is 0 Å². The molecular weight excluding hydrogens is 356 g/mol. The summed E-state index contributed by atoms with van der Waals surface area (Å²) < 4.78 is 1.36. The van der Waals surface area contributed by atoms with Crippen LogP contribution < -0.4 is 0 Å². The summed E-state index contributed by atoms with van der Waals surface area (Å²) in [5, 5.41) is 0. The van der Waals surface area contributed by atoms with E-state index in [0.29, 0.717) is 0 Å². The van der Waals surface area contributed by atoms with E-state index in [9.17, 15) is 0 Å². The Morgan fingerprint density at radius 1 is 0.448 bits per heavy atom. The van der Waals surface area contributed by atoms with Gasteiger partial charge in [-0.05, 0) is 38.5 Å². The maximum absolute atomic E-state index is 6.75. The maximum atomic E-state index is 6.75. The van der Waals surface area contributed by atoms with E-state index in [4.69, 9.17) is 11.1 Å². The molecule has 29 heavy (non-hydrogen) atoms. The monoisotopic (exact) mass is 410 g/mol. The molecule has 0 fully saturated rings. The fourth-order valence-corrected chi connectivity index (χ4v) is 4.16. The number of quaternary nitrogens is 1. The van der Waals surface area contributed by atoms with Gasteiger partial charge in [0.1, 0.15) is 0 Å². The predicted molar refractivity (Wildman–Crippen MR) is 131 cm³/mol. The van der Waals surface area contributed by atoms with Crippen LogP contribution in [0.1, 0.15) is 136 Å². The van der Waals surface area contributed by atoms with Gasteiger partial charge in [-0.2, -0.15) is 0 Å². The quantitative estimate of drug-likeness (QED) is 0.0594. The third-order valence-corrected chi connectivity index (χ3v) is 6.15. The van der Waals surface area contributed by atoms with Crippen molar-refractivity contribution < 1.29 is 4.48 Å². The molecule has 0 rings (SSSR count). The van der Waals surface area contributed by atoms with Crippen LogP contribution in [0, 0.1) is 0 Å². The zero-order valence-corrected chi connectivity index (χ0v) is 20.6. The van der Waals surface area contributed by atoms with Crippen LogP contribution in [0.2, 0.25) is 0 Å². The molecule has 0 aliphatic rings. The minimum absolute atomic E-state index is 1.36. The van der Waals surface area contributed by atoms with Gasteiger partial charge in [0.25, 0.3) is 0 Å². The summed E-state index contributed by atoms with van der Waals surface area (Å²) in [6.45, 7) is 11.2. The molecule has 0 N–H and O–H groups in total. The van der Waals surface area contributed by atoms with E-state index in [1.54, 1.807) is 0 Å². The van der Waals surface area contributed by atoms with E-state index >= 15 is 0 Å². The van der Waals surface area contributed by atoms with Crippen molar-refractivity contribution in [2.45, 2.75) is 136 Å². The molecule has 174 valence electrons. The number of hydrogen-bond donors (Lipinski definition) is 0. The molecule has 0 radical (unpaired) electrons. The summed E-state index contributed by atoms with van der Waals surface area (Å²) in [6.07, 6.45) is 25.9. The highest BCUT2D eigenvalue weighted by Gasteiger charge is 2.20. The van der Waals surface area contributed by atoms with Gasteiger partial charge in [0, 0.05) is 0 Å². The maximum Gasteiger partial charge on any atom is 0.0784 e. The zero-order valence-electron chi connectivity index (χ0n) is 20.6. The van der Waals surface area contributed by atoms with Crippen LogP contribution in [0.5, 0.6) is 0 Å². The molecule has 0 unspecified atom stereocenters. The van der Waals surface area contributed by atoms with Gasteiger partial charge < -0.3 is 15.5 Å². The van der Waals surface area contributed by atoms with Gasteiger partial charge in [0.15, 0.2) is 0 Å². The van der Waals surface area contributed by atoms with E-state index in [1.807, 2.05) is 0 Å². The summed E-state index contributed by atoms with van der Waals surface area (Å²) in [4.78, 5) is 1.50. The Labute approximate surface area is 183 Å². The summed E-state index contributed by atoms with van der Waals surface area (Å²) in [7, 11) is 2.56. The summed E-state index contributed by atoms with van der Waals surface area (Å²) in [5.74, 6) is 0. The van der Waals surface area contributed by atoms with Crippen LogP contribution in [0.15, 0.2) is 0 Å². The lowest BCUT2D eigenvalue weighted by Crippen LogP contribution is -2.46. The average molecular weight is 411 g/mol. The smallest absolute Gasteiger partial charge is 0.0784 e. The number of hydrogen-bond acceptors (Lipinski definition) is 0. The van der Waals surface area contributed by atoms with Crippen LogP contribution in [0.4, 0.5) is 0 Å². The Morgan fingerprint density at radius 3 is 0.897 bits per heavy atom. The standard InChI is InChI=1S/C25H54N.N3/c1-5-8-11-14-17-20-23-26(4,24-21-18-15-12-9-6-2)25-22-19-16-13-10-7-3;1-3-2/h5-25H2,1-4H3;/q+1;-1. The van der Waals surface area contributed by atoms with Crippen LogP contribution in [0.25, 0.3) is 16.0 Å². The molecule has 0 bridgehead atoms. The largest absolute Gasteiger partial charge is 0.373 e. The first-order valence-electron chi connectivity index (χ1n) is 12.9.